The first kappa shape index (κ1) is 12.1. The lowest BCUT2D eigenvalue weighted by Gasteiger charge is -1.95. The fourth-order valence-corrected chi connectivity index (χ4v) is 1.43. The van der Waals surface area contributed by atoms with Crippen molar-refractivity contribution in [3.8, 4) is 5.88 Å². The first-order chi connectivity index (χ1) is 8.63. The molecule has 2 rings (SSSR count). The number of carbonyl (C=O) groups is 1. The Labute approximate surface area is 103 Å². The Bertz CT molecular complexity index is 558. The quantitative estimate of drug-likeness (QED) is 0.816. The smallest absolute Gasteiger partial charge is 0.296 e. The number of nitrogens with one attached hydrogen (secondary N) is 2. The van der Waals surface area contributed by atoms with Gasteiger partial charge in [-0.2, -0.15) is 5.10 Å². The van der Waals surface area contributed by atoms with Crippen LogP contribution in [0, 0.1) is 0 Å². The van der Waals surface area contributed by atoms with E-state index in [4.69, 9.17) is 4.74 Å². The third-order valence-electron chi connectivity index (χ3n) is 2.36. The van der Waals surface area contributed by atoms with Gasteiger partial charge in [0.15, 0.2) is 5.82 Å². The highest BCUT2D eigenvalue weighted by molar-refractivity contribution is 6.00. The normalized spacial score (nSPS) is 10.4. The second-order valence-corrected chi connectivity index (χ2v) is 3.61. The molecule has 2 aromatic rings. The topological polar surface area (TPSA) is 97.7 Å². The van der Waals surface area contributed by atoms with E-state index in [-0.39, 0.29) is 5.82 Å². The summed E-state index contributed by atoms with van der Waals surface area (Å²) in [5.74, 6) is 1.29. The first-order valence-corrected chi connectivity index (χ1v) is 5.44. The summed E-state index contributed by atoms with van der Waals surface area (Å²) in [6, 6.07) is 1.62. The Morgan fingerprint density at radius 3 is 2.94 bits per heavy atom. The summed E-state index contributed by atoms with van der Waals surface area (Å²) in [6.07, 6.45) is 0.692. The van der Waals surface area contributed by atoms with E-state index in [0.717, 1.165) is 0 Å². The average molecular weight is 250 g/mol. The number of amides is 1. The van der Waals surface area contributed by atoms with Crippen molar-refractivity contribution < 1.29 is 9.53 Å². The van der Waals surface area contributed by atoms with Crippen LogP contribution in [0.2, 0.25) is 0 Å². The maximum absolute atomic E-state index is 11.8. The lowest BCUT2D eigenvalue weighted by molar-refractivity contribution is 0.101. The minimum atomic E-state index is -0.410. The van der Waals surface area contributed by atoms with E-state index < -0.39 is 5.91 Å². The van der Waals surface area contributed by atoms with Crippen LogP contribution >= 0.6 is 0 Å². The van der Waals surface area contributed by atoms with E-state index in [1.807, 2.05) is 6.92 Å². The lowest BCUT2D eigenvalue weighted by Crippen LogP contribution is -2.14. The van der Waals surface area contributed by atoms with Crippen LogP contribution in [0.4, 0.5) is 5.82 Å². The van der Waals surface area contributed by atoms with Crippen LogP contribution in [0.1, 0.15) is 23.4 Å². The summed E-state index contributed by atoms with van der Waals surface area (Å²) >= 11 is 0. The SMILES string of the molecule is CCc1nc(C(=O)Nc2cc(OC)n(C)n2)n[nH]1. The second kappa shape index (κ2) is 4.86. The van der Waals surface area contributed by atoms with Gasteiger partial charge in [-0.15, -0.1) is 5.10 Å². The van der Waals surface area contributed by atoms with E-state index in [9.17, 15) is 4.79 Å². The molecule has 0 aliphatic heterocycles. The van der Waals surface area contributed by atoms with Gasteiger partial charge in [-0.25, -0.2) is 9.67 Å². The van der Waals surface area contributed by atoms with Crippen molar-refractivity contribution in [3.63, 3.8) is 0 Å². The van der Waals surface area contributed by atoms with E-state index >= 15 is 0 Å². The molecule has 0 spiro atoms. The Kier molecular flexibility index (Phi) is 3.26. The summed E-state index contributed by atoms with van der Waals surface area (Å²) in [5, 5.41) is 13.2. The number of hydrogen-bond donors (Lipinski definition) is 2. The number of aryl methyl sites for hydroxylation is 2. The fraction of sp³-hybridized carbons (Fsp3) is 0.400. The molecule has 0 aromatic carbocycles. The highest BCUT2D eigenvalue weighted by Crippen LogP contribution is 2.15. The molecule has 0 bridgehead atoms. The molecule has 96 valence electrons. The molecule has 0 saturated carbocycles. The number of anilines is 1. The molecule has 2 N–H and O–H groups in total. The molecule has 18 heavy (non-hydrogen) atoms. The van der Waals surface area contributed by atoms with Gasteiger partial charge in [0.2, 0.25) is 11.7 Å². The summed E-state index contributed by atoms with van der Waals surface area (Å²) < 4.78 is 6.57. The Morgan fingerprint density at radius 1 is 1.61 bits per heavy atom. The number of methoxy groups -OCH3 is 1. The molecular weight excluding hydrogens is 236 g/mol. The van der Waals surface area contributed by atoms with Crippen molar-refractivity contribution in [3.05, 3.63) is 17.7 Å². The van der Waals surface area contributed by atoms with Gasteiger partial charge in [0.25, 0.3) is 5.91 Å². The largest absolute Gasteiger partial charge is 0.481 e. The summed E-state index contributed by atoms with van der Waals surface area (Å²) in [5.41, 5.74) is 0. The van der Waals surface area contributed by atoms with Crippen molar-refractivity contribution in [2.75, 3.05) is 12.4 Å². The van der Waals surface area contributed by atoms with Gasteiger partial charge in [0.05, 0.1) is 7.11 Å². The zero-order chi connectivity index (χ0) is 13.1. The Balaban J connectivity index is 2.10. The van der Waals surface area contributed by atoms with Crippen LogP contribution < -0.4 is 10.1 Å². The van der Waals surface area contributed by atoms with Crippen molar-refractivity contribution in [1.82, 2.24) is 25.0 Å². The van der Waals surface area contributed by atoms with Crippen molar-refractivity contribution >= 4 is 11.7 Å². The van der Waals surface area contributed by atoms with Crippen LogP contribution in [-0.2, 0) is 13.5 Å². The molecule has 8 heteroatoms. The molecule has 0 atom stereocenters. The molecule has 2 heterocycles. The zero-order valence-electron chi connectivity index (χ0n) is 10.4. The Morgan fingerprint density at radius 2 is 2.39 bits per heavy atom. The number of ether oxygens (including phenoxy) is 1. The van der Waals surface area contributed by atoms with Gasteiger partial charge in [-0.3, -0.25) is 9.89 Å². The molecule has 1 amide bonds. The van der Waals surface area contributed by atoms with Gasteiger partial charge in [-0.1, -0.05) is 6.92 Å². The minimum Gasteiger partial charge on any atom is -0.481 e. The number of H-pyrrole nitrogens is 1. The second-order valence-electron chi connectivity index (χ2n) is 3.61. The molecule has 0 aliphatic rings. The van der Waals surface area contributed by atoms with Crippen LogP contribution in [-0.4, -0.2) is 38.0 Å². The third-order valence-corrected chi connectivity index (χ3v) is 2.36. The van der Waals surface area contributed by atoms with Crippen molar-refractivity contribution in [2.24, 2.45) is 7.05 Å². The zero-order valence-corrected chi connectivity index (χ0v) is 10.4. The van der Waals surface area contributed by atoms with E-state index in [1.54, 1.807) is 13.1 Å². The number of nitrogens with zero attached hydrogens (tertiary/aromatic N) is 4. The molecule has 0 radical (unpaired) electrons. The van der Waals surface area contributed by atoms with Gasteiger partial charge in [0, 0.05) is 19.5 Å². The Hall–Kier alpha value is -2.38. The number of aromatic amines is 1. The molecule has 0 aliphatic carbocycles. The van der Waals surface area contributed by atoms with Gasteiger partial charge < -0.3 is 10.1 Å². The van der Waals surface area contributed by atoms with Crippen molar-refractivity contribution in [1.29, 1.82) is 0 Å². The number of hydrogen-bond acceptors (Lipinski definition) is 5. The maximum Gasteiger partial charge on any atom is 0.296 e. The monoisotopic (exact) mass is 250 g/mol. The molecule has 0 fully saturated rings. The molecule has 0 unspecified atom stereocenters. The number of rotatable bonds is 4. The molecule has 0 saturated heterocycles. The molecular formula is C10H14N6O2. The van der Waals surface area contributed by atoms with Gasteiger partial charge in [0.1, 0.15) is 5.82 Å². The predicted molar refractivity (Wildman–Crippen MR) is 63.5 cm³/mol. The van der Waals surface area contributed by atoms with Gasteiger partial charge >= 0.3 is 0 Å². The molecule has 2 aromatic heterocycles. The van der Waals surface area contributed by atoms with E-state index in [2.05, 4.69) is 25.6 Å². The first-order valence-electron chi connectivity index (χ1n) is 5.44. The minimum absolute atomic E-state index is 0.0940. The predicted octanol–water partition coefficient (Wildman–Crippen LogP) is 0.361. The van der Waals surface area contributed by atoms with Crippen LogP contribution in [0.5, 0.6) is 5.88 Å². The highest BCUT2D eigenvalue weighted by Gasteiger charge is 2.14. The summed E-state index contributed by atoms with van der Waals surface area (Å²) in [4.78, 5) is 15.8. The van der Waals surface area contributed by atoms with Crippen LogP contribution in [0.25, 0.3) is 0 Å². The van der Waals surface area contributed by atoms with Crippen LogP contribution in [0.3, 0.4) is 0 Å². The number of aromatic nitrogens is 5. The summed E-state index contributed by atoms with van der Waals surface area (Å²) in [7, 11) is 3.25. The van der Waals surface area contributed by atoms with Crippen LogP contribution in [0.15, 0.2) is 6.07 Å². The van der Waals surface area contributed by atoms with Gasteiger partial charge in [-0.05, 0) is 0 Å². The van der Waals surface area contributed by atoms with Crippen molar-refractivity contribution in [2.45, 2.75) is 13.3 Å². The highest BCUT2D eigenvalue weighted by atomic mass is 16.5. The third kappa shape index (κ3) is 2.31. The number of carbonyl (C=O) groups excluding carboxylic acids is 1. The lowest BCUT2D eigenvalue weighted by atomic mass is 10.4. The summed E-state index contributed by atoms with van der Waals surface area (Å²) in [6.45, 7) is 1.92. The maximum atomic E-state index is 11.8. The van der Waals surface area contributed by atoms with E-state index in [0.29, 0.717) is 23.9 Å². The molecule has 8 nitrogen and oxygen atoms in total. The standard InChI is InChI=1S/C10H14N6O2/c1-4-6-11-9(14-13-6)10(17)12-7-5-8(18-3)16(2)15-7/h5H,4H2,1-3H3,(H,11,13,14)(H,12,15,17). The average Bonchev–Trinajstić information content (AvgIpc) is 2.95. The fourth-order valence-electron chi connectivity index (χ4n) is 1.43. The van der Waals surface area contributed by atoms with E-state index in [1.165, 1.54) is 11.8 Å².